The molecule has 0 bridgehead atoms. The van der Waals surface area contributed by atoms with E-state index in [9.17, 15) is 4.79 Å². The third kappa shape index (κ3) is 3.64. The van der Waals surface area contributed by atoms with Crippen molar-refractivity contribution >= 4 is 11.7 Å². The molecule has 0 unspecified atom stereocenters. The van der Waals surface area contributed by atoms with Crippen molar-refractivity contribution in [2.45, 2.75) is 26.2 Å². The largest absolute Gasteiger partial charge is 0.505 e. The molecule has 114 valence electrons. The van der Waals surface area contributed by atoms with Gasteiger partial charge in [0.05, 0.1) is 30.6 Å². The number of carboxylic acid groups (broad SMARTS) is 1. The fourth-order valence-corrected chi connectivity index (χ4v) is 1.97. The minimum absolute atomic E-state index is 0.101. The van der Waals surface area contributed by atoms with E-state index in [1.165, 1.54) is 17.1 Å². The van der Waals surface area contributed by atoms with Crippen LogP contribution in [0.4, 0.5) is 5.69 Å². The van der Waals surface area contributed by atoms with E-state index in [0.29, 0.717) is 23.7 Å². The van der Waals surface area contributed by atoms with Gasteiger partial charge >= 0.3 is 5.97 Å². The normalized spacial score (nSPS) is 10.2. The fourth-order valence-electron chi connectivity index (χ4n) is 1.97. The third-order valence-electron chi connectivity index (χ3n) is 3.16. The summed E-state index contributed by atoms with van der Waals surface area (Å²) >= 11 is 0. The second kappa shape index (κ2) is 7.27. The molecule has 2 aromatic rings. The zero-order valence-electron chi connectivity index (χ0n) is 12.3. The van der Waals surface area contributed by atoms with Gasteiger partial charge in [-0.15, -0.1) is 0 Å². The summed E-state index contributed by atoms with van der Waals surface area (Å²) in [5, 5.41) is 12.9. The van der Waals surface area contributed by atoms with Gasteiger partial charge in [-0.2, -0.15) is 5.10 Å². The van der Waals surface area contributed by atoms with Crippen LogP contribution >= 0.6 is 0 Å². The molecule has 0 amide bonds. The van der Waals surface area contributed by atoms with Crippen molar-refractivity contribution in [3.8, 4) is 11.4 Å². The lowest BCUT2D eigenvalue weighted by Crippen LogP contribution is -1.99. The van der Waals surface area contributed by atoms with Gasteiger partial charge in [-0.25, -0.2) is 14.3 Å². The van der Waals surface area contributed by atoms with Crippen molar-refractivity contribution in [2.75, 3.05) is 6.61 Å². The van der Waals surface area contributed by atoms with Crippen molar-refractivity contribution in [2.24, 2.45) is 0 Å². The van der Waals surface area contributed by atoms with Gasteiger partial charge < -0.3 is 9.84 Å². The first kappa shape index (κ1) is 15.6. The SMILES string of the molecule is [C-]#[N+]c1cc(-n2cc(C(=O)O)cn2)ccc1OCCCCC. The summed E-state index contributed by atoms with van der Waals surface area (Å²) in [5.74, 6) is -0.493. The second-order valence-corrected chi connectivity index (χ2v) is 4.80. The number of nitrogens with zero attached hydrogens (tertiary/aromatic N) is 3. The maximum absolute atomic E-state index is 10.9. The topological polar surface area (TPSA) is 68.7 Å². The van der Waals surface area contributed by atoms with Crippen LogP contribution in [0.1, 0.15) is 36.5 Å². The Hall–Kier alpha value is -2.81. The van der Waals surface area contributed by atoms with Crippen LogP contribution in [-0.4, -0.2) is 27.5 Å². The lowest BCUT2D eigenvalue weighted by molar-refractivity contribution is 0.0697. The number of carboxylic acids is 1. The Balaban J connectivity index is 2.17. The van der Waals surface area contributed by atoms with E-state index < -0.39 is 5.97 Å². The van der Waals surface area contributed by atoms with Crippen molar-refractivity contribution in [1.29, 1.82) is 0 Å². The van der Waals surface area contributed by atoms with E-state index >= 15 is 0 Å². The lowest BCUT2D eigenvalue weighted by atomic mass is 10.2. The number of hydrogen-bond donors (Lipinski definition) is 1. The van der Waals surface area contributed by atoms with Gasteiger partial charge in [0, 0.05) is 6.20 Å². The van der Waals surface area contributed by atoms with Gasteiger partial charge in [0.2, 0.25) is 5.69 Å². The van der Waals surface area contributed by atoms with Gasteiger partial charge in [-0.1, -0.05) is 19.8 Å². The summed E-state index contributed by atoms with van der Waals surface area (Å²) < 4.78 is 7.06. The lowest BCUT2D eigenvalue weighted by Gasteiger charge is -2.09. The quantitative estimate of drug-likeness (QED) is 0.625. The Labute approximate surface area is 128 Å². The van der Waals surface area contributed by atoms with Crippen LogP contribution in [0.3, 0.4) is 0 Å². The fraction of sp³-hybridized carbons (Fsp3) is 0.312. The molecule has 0 radical (unpaired) electrons. The highest BCUT2D eigenvalue weighted by atomic mass is 16.5. The second-order valence-electron chi connectivity index (χ2n) is 4.80. The molecule has 1 heterocycles. The van der Waals surface area contributed by atoms with Crippen LogP contribution in [0, 0.1) is 6.57 Å². The molecule has 0 saturated carbocycles. The number of unbranched alkanes of at least 4 members (excludes halogenated alkanes) is 2. The summed E-state index contributed by atoms with van der Waals surface area (Å²) in [6.45, 7) is 9.96. The Kier molecular flexibility index (Phi) is 5.15. The van der Waals surface area contributed by atoms with Gasteiger partial charge in [0.25, 0.3) is 0 Å². The Bertz CT molecular complexity index is 701. The van der Waals surface area contributed by atoms with Gasteiger partial charge in [0.1, 0.15) is 5.75 Å². The predicted octanol–water partition coefficient (Wildman–Crippen LogP) is 3.69. The van der Waals surface area contributed by atoms with E-state index in [2.05, 4.69) is 16.9 Å². The standard InChI is InChI=1S/C16H17N3O3/c1-3-4-5-8-22-15-7-6-13(9-14(15)17-2)19-11-12(10-18-19)16(20)21/h6-7,9-11H,3-5,8H2,1H3,(H,20,21). The van der Waals surface area contributed by atoms with Crippen molar-refractivity contribution in [1.82, 2.24) is 9.78 Å². The summed E-state index contributed by atoms with van der Waals surface area (Å²) in [7, 11) is 0. The minimum atomic E-state index is -1.03. The molecule has 2 rings (SSSR count). The third-order valence-corrected chi connectivity index (χ3v) is 3.16. The average Bonchev–Trinajstić information content (AvgIpc) is 3.02. The van der Waals surface area contributed by atoms with Crippen molar-refractivity contribution in [3.63, 3.8) is 0 Å². The van der Waals surface area contributed by atoms with E-state index in [4.69, 9.17) is 16.4 Å². The van der Waals surface area contributed by atoms with E-state index in [1.807, 2.05) is 0 Å². The van der Waals surface area contributed by atoms with Crippen LogP contribution in [-0.2, 0) is 0 Å². The molecule has 1 N–H and O–H groups in total. The molecule has 22 heavy (non-hydrogen) atoms. The van der Waals surface area contributed by atoms with E-state index in [0.717, 1.165) is 19.3 Å². The highest BCUT2D eigenvalue weighted by Crippen LogP contribution is 2.30. The molecule has 1 aromatic heterocycles. The Morgan fingerprint density at radius 1 is 1.45 bits per heavy atom. The first-order chi connectivity index (χ1) is 10.7. The average molecular weight is 299 g/mol. The molecule has 0 saturated heterocycles. The summed E-state index contributed by atoms with van der Waals surface area (Å²) in [6, 6.07) is 5.11. The Morgan fingerprint density at radius 2 is 2.27 bits per heavy atom. The van der Waals surface area contributed by atoms with Crippen LogP contribution in [0.25, 0.3) is 10.5 Å². The van der Waals surface area contributed by atoms with Gasteiger partial charge in [0.15, 0.2) is 0 Å². The highest BCUT2D eigenvalue weighted by molar-refractivity contribution is 5.87. The smallest absolute Gasteiger partial charge is 0.338 e. The number of aromatic nitrogens is 2. The van der Waals surface area contributed by atoms with Crippen LogP contribution in [0.5, 0.6) is 5.75 Å². The summed E-state index contributed by atoms with van der Waals surface area (Å²) in [6.07, 6.45) is 5.85. The van der Waals surface area contributed by atoms with Crippen LogP contribution < -0.4 is 4.74 Å². The molecule has 6 nitrogen and oxygen atoms in total. The maximum atomic E-state index is 10.9. The molecular weight excluding hydrogens is 282 g/mol. The number of benzene rings is 1. The van der Waals surface area contributed by atoms with Crippen molar-refractivity contribution in [3.05, 3.63) is 47.6 Å². The first-order valence-corrected chi connectivity index (χ1v) is 7.08. The summed E-state index contributed by atoms with van der Waals surface area (Å²) in [5.41, 5.74) is 1.12. The monoisotopic (exact) mass is 299 g/mol. The Morgan fingerprint density at radius 3 is 2.91 bits per heavy atom. The molecule has 1 aromatic carbocycles. The molecule has 0 aliphatic heterocycles. The van der Waals surface area contributed by atoms with Crippen molar-refractivity contribution < 1.29 is 14.6 Å². The first-order valence-electron chi connectivity index (χ1n) is 7.08. The molecule has 0 spiro atoms. The highest BCUT2D eigenvalue weighted by Gasteiger charge is 2.10. The number of hydrogen-bond acceptors (Lipinski definition) is 3. The number of carbonyl (C=O) groups is 1. The zero-order valence-corrected chi connectivity index (χ0v) is 12.3. The molecule has 0 fully saturated rings. The predicted molar refractivity (Wildman–Crippen MR) is 81.8 cm³/mol. The zero-order chi connectivity index (χ0) is 15.9. The number of ether oxygens (including phenoxy) is 1. The molecule has 0 aliphatic carbocycles. The molecular formula is C16H17N3O3. The summed E-state index contributed by atoms with van der Waals surface area (Å²) in [4.78, 5) is 14.3. The number of rotatable bonds is 7. The van der Waals surface area contributed by atoms with Gasteiger partial charge in [-0.05, 0) is 24.6 Å². The van der Waals surface area contributed by atoms with Gasteiger partial charge in [-0.3, -0.25) is 0 Å². The number of aromatic carboxylic acids is 1. The van der Waals surface area contributed by atoms with Crippen LogP contribution in [0.2, 0.25) is 0 Å². The molecule has 0 aliphatic rings. The molecule has 0 atom stereocenters. The van der Waals surface area contributed by atoms with Crippen LogP contribution in [0.15, 0.2) is 30.6 Å². The minimum Gasteiger partial charge on any atom is -0.505 e. The molecule has 6 heteroatoms. The maximum Gasteiger partial charge on any atom is 0.338 e. The van der Waals surface area contributed by atoms with E-state index in [-0.39, 0.29) is 5.56 Å². The van der Waals surface area contributed by atoms with E-state index in [1.54, 1.807) is 18.2 Å².